The molecule has 1 unspecified atom stereocenters. The third kappa shape index (κ3) is 4.84. The first-order chi connectivity index (χ1) is 17.2. The molecule has 3 aliphatic heterocycles. The van der Waals surface area contributed by atoms with Crippen molar-refractivity contribution in [2.24, 2.45) is 11.8 Å². The number of piperazine rings is 1. The number of fused-ring (bicyclic) bond motifs is 5. The van der Waals surface area contributed by atoms with Crippen molar-refractivity contribution in [1.82, 2.24) is 14.8 Å². The van der Waals surface area contributed by atoms with Crippen LogP contribution in [-0.2, 0) is 4.79 Å². The molecule has 5 heteroatoms. The third-order valence-corrected chi connectivity index (χ3v) is 8.75. The summed E-state index contributed by atoms with van der Waals surface area (Å²) in [5, 5.41) is 1.31. The Morgan fingerprint density at radius 1 is 0.857 bits per heavy atom. The minimum absolute atomic E-state index is 0.0275. The number of nitrogens with one attached hydrogen (secondary N) is 1. The van der Waals surface area contributed by atoms with Gasteiger partial charge in [0.1, 0.15) is 0 Å². The van der Waals surface area contributed by atoms with Crippen LogP contribution in [0.4, 0.5) is 5.69 Å². The smallest absolute Gasteiger partial charge is 0.230 e. The van der Waals surface area contributed by atoms with E-state index in [1.165, 1.54) is 47.8 Å². The molecular weight excluding hydrogens is 432 g/mol. The second kappa shape index (κ2) is 10.1. The topological polar surface area (TPSA) is 42.6 Å². The number of carbonyl (C=O) groups is 1. The number of carbonyl (C=O) groups excluding carboxylic acids is 1. The first kappa shape index (κ1) is 22.7. The maximum Gasteiger partial charge on any atom is 0.230 e. The number of rotatable bonds is 6. The molecule has 1 atom stereocenters. The van der Waals surface area contributed by atoms with E-state index in [-0.39, 0.29) is 5.92 Å². The fourth-order valence-electron chi connectivity index (χ4n) is 6.68. The van der Waals surface area contributed by atoms with E-state index in [9.17, 15) is 4.79 Å². The van der Waals surface area contributed by atoms with Gasteiger partial charge in [0.2, 0.25) is 5.91 Å². The molecule has 1 amide bonds. The Hall–Kier alpha value is -2.79. The Kier molecular flexibility index (Phi) is 6.51. The molecule has 5 nitrogen and oxygen atoms in total. The average molecular weight is 471 g/mol. The van der Waals surface area contributed by atoms with Gasteiger partial charge < -0.3 is 14.8 Å². The second-order valence-corrected chi connectivity index (χ2v) is 10.9. The van der Waals surface area contributed by atoms with Crippen molar-refractivity contribution < 1.29 is 4.79 Å². The molecule has 3 aromatic rings. The Balaban J connectivity index is 1.11. The van der Waals surface area contributed by atoms with Crippen molar-refractivity contribution in [2.45, 2.75) is 38.0 Å². The Morgan fingerprint density at radius 2 is 1.57 bits per heavy atom. The number of anilines is 1. The van der Waals surface area contributed by atoms with E-state index in [0.29, 0.717) is 17.7 Å². The monoisotopic (exact) mass is 470 g/mol. The van der Waals surface area contributed by atoms with Crippen LogP contribution in [0.15, 0.2) is 60.8 Å². The van der Waals surface area contributed by atoms with Gasteiger partial charge in [-0.3, -0.25) is 9.69 Å². The van der Waals surface area contributed by atoms with Gasteiger partial charge in [-0.1, -0.05) is 36.4 Å². The van der Waals surface area contributed by atoms with Crippen LogP contribution in [0.5, 0.6) is 0 Å². The van der Waals surface area contributed by atoms with Gasteiger partial charge in [-0.05, 0) is 74.2 Å². The molecule has 2 bridgehead atoms. The Labute approximate surface area is 209 Å². The SMILES string of the molecule is O=C(C(CCN1CCN(c2cccc3[nH]ccc23)CC1)c1ccccc1)N1CC2CCC(CC2)C1. The summed E-state index contributed by atoms with van der Waals surface area (Å²) in [4.78, 5) is 24.5. The largest absolute Gasteiger partial charge is 0.368 e. The minimum atomic E-state index is -0.0275. The van der Waals surface area contributed by atoms with Crippen molar-refractivity contribution >= 4 is 22.5 Å². The van der Waals surface area contributed by atoms with Gasteiger partial charge in [0, 0.05) is 62.1 Å². The van der Waals surface area contributed by atoms with Crippen LogP contribution >= 0.6 is 0 Å². The van der Waals surface area contributed by atoms with Gasteiger partial charge in [0.15, 0.2) is 0 Å². The summed E-state index contributed by atoms with van der Waals surface area (Å²) in [5.74, 6) is 1.77. The van der Waals surface area contributed by atoms with Crippen LogP contribution in [0.1, 0.15) is 43.6 Å². The summed E-state index contributed by atoms with van der Waals surface area (Å²) in [6.45, 7) is 7.08. The number of nitrogens with zero attached hydrogens (tertiary/aromatic N) is 3. The maximum atomic E-state index is 13.9. The molecular formula is C30H38N4O. The van der Waals surface area contributed by atoms with Gasteiger partial charge in [-0.25, -0.2) is 0 Å². The number of amides is 1. The second-order valence-electron chi connectivity index (χ2n) is 10.9. The normalized spacial score (nSPS) is 24.0. The van der Waals surface area contributed by atoms with Gasteiger partial charge in [-0.2, -0.15) is 0 Å². The molecule has 0 spiro atoms. The lowest BCUT2D eigenvalue weighted by molar-refractivity contribution is -0.133. The van der Waals surface area contributed by atoms with Crippen molar-refractivity contribution in [1.29, 1.82) is 0 Å². The first-order valence-corrected chi connectivity index (χ1v) is 13.6. The highest BCUT2D eigenvalue weighted by Crippen LogP contribution is 2.36. The summed E-state index contributed by atoms with van der Waals surface area (Å²) in [6.07, 6.45) is 8.18. The van der Waals surface area contributed by atoms with E-state index in [2.05, 4.69) is 74.3 Å². The van der Waals surface area contributed by atoms with Crippen LogP contribution in [0.25, 0.3) is 10.9 Å². The molecule has 1 N–H and O–H groups in total. The van der Waals surface area contributed by atoms with Gasteiger partial charge >= 0.3 is 0 Å². The van der Waals surface area contributed by atoms with E-state index < -0.39 is 0 Å². The molecule has 1 aliphatic carbocycles. The van der Waals surface area contributed by atoms with Crippen LogP contribution in [-0.4, -0.2) is 66.5 Å². The van der Waals surface area contributed by atoms with Crippen molar-refractivity contribution in [3.05, 3.63) is 66.4 Å². The molecule has 4 aliphatic rings. The number of aromatic amines is 1. The molecule has 2 aromatic carbocycles. The van der Waals surface area contributed by atoms with Crippen LogP contribution in [0.2, 0.25) is 0 Å². The lowest BCUT2D eigenvalue weighted by Gasteiger charge is -2.37. The Bertz CT molecular complexity index is 1110. The Morgan fingerprint density at radius 3 is 2.29 bits per heavy atom. The summed E-state index contributed by atoms with van der Waals surface area (Å²) in [6, 6.07) is 19.3. The molecule has 7 rings (SSSR count). The van der Waals surface area contributed by atoms with Crippen LogP contribution in [0, 0.1) is 11.8 Å². The quantitative estimate of drug-likeness (QED) is 0.544. The van der Waals surface area contributed by atoms with Crippen LogP contribution in [0.3, 0.4) is 0 Å². The molecule has 3 saturated heterocycles. The van der Waals surface area contributed by atoms with E-state index in [1.807, 2.05) is 6.20 Å². The fraction of sp³-hybridized carbons (Fsp3) is 0.500. The summed E-state index contributed by atoms with van der Waals surface area (Å²) < 4.78 is 0. The zero-order chi connectivity index (χ0) is 23.6. The molecule has 1 aromatic heterocycles. The molecule has 35 heavy (non-hydrogen) atoms. The lowest BCUT2D eigenvalue weighted by Crippen LogP contribution is -2.47. The zero-order valence-corrected chi connectivity index (χ0v) is 20.7. The maximum absolute atomic E-state index is 13.9. The first-order valence-electron chi connectivity index (χ1n) is 13.6. The van der Waals surface area contributed by atoms with Crippen LogP contribution < -0.4 is 4.90 Å². The molecule has 184 valence electrons. The number of H-pyrrole nitrogens is 1. The molecule has 1 saturated carbocycles. The summed E-state index contributed by atoms with van der Waals surface area (Å²) >= 11 is 0. The third-order valence-electron chi connectivity index (χ3n) is 8.75. The van der Waals surface area contributed by atoms with Gasteiger partial charge in [0.25, 0.3) is 0 Å². The van der Waals surface area contributed by atoms with Crippen molar-refractivity contribution in [3.8, 4) is 0 Å². The highest BCUT2D eigenvalue weighted by atomic mass is 16.2. The number of hydrogen-bond acceptors (Lipinski definition) is 3. The van der Waals surface area contributed by atoms with Gasteiger partial charge in [0.05, 0.1) is 5.92 Å². The van der Waals surface area contributed by atoms with Gasteiger partial charge in [-0.15, -0.1) is 0 Å². The number of hydrogen-bond donors (Lipinski definition) is 1. The molecule has 0 radical (unpaired) electrons. The average Bonchev–Trinajstić information content (AvgIpc) is 3.19. The highest BCUT2D eigenvalue weighted by molar-refractivity contribution is 5.92. The lowest BCUT2D eigenvalue weighted by atomic mass is 9.84. The number of benzene rings is 2. The zero-order valence-electron chi connectivity index (χ0n) is 20.7. The minimum Gasteiger partial charge on any atom is -0.368 e. The van der Waals surface area contributed by atoms with E-state index in [4.69, 9.17) is 0 Å². The standard InChI is InChI=1S/C30H38N4O/c35-30(34-21-23-9-10-24(22-34)12-11-23)26(25-5-2-1-3-6-25)14-16-32-17-19-33(20-18-32)29-8-4-7-28-27(29)13-15-31-28/h1-8,13,15,23-24,26,31H,9-12,14,16-22H2. The summed E-state index contributed by atoms with van der Waals surface area (Å²) in [7, 11) is 0. The molecule has 4 heterocycles. The fourth-order valence-corrected chi connectivity index (χ4v) is 6.68. The predicted molar refractivity (Wildman–Crippen MR) is 143 cm³/mol. The summed E-state index contributed by atoms with van der Waals surface area (Å²) in [5.41, 5.74) is 3.72. The van der Waals surface area contributed by atoms with Crippen molar-refractivity contribution in [3.63, 3.8) is 0 Å². The van der Waals surface area contributed by atoms with E-state index >= 15 is 0 Å². The van der Waals surface area contributed by atoms with Crippen molar-refractivity contribution in [2.75, 3.05) is 50.7 Å². The highest BCUT2D eigenvalue weighted by Gasteiger charge is 2.35. The predicted octanol–water partition coefficient (Wildman–Crippen LogP) is 5.11. The van der Waals surface area contributed by atoms with E-state index in [0.717, 1.165) is 52.2 Å². The molecule has 4 fully saturated rings. The number of aromatic nitrogens is 1. The van der Waals surface area contributed by atoms with E-state index in [1.54, 1.807) is 0 Å².